The summed E-state index contributed by atoms with van der Waals surface area (Å²) < 4.78 is 0. The number of hydrogen-bond acceptors (Lipinski definition) is 3. The molecule has 0 amide bonds. The largest absolute Gasteiger partial charge is 0.392 e. The first-order valence-corrected chi connectivity index (χ1v) is 6.57. The first-order valence-electron chi connectivity index (χ1n) is 6.57. The molecule has 0 fully saturated rings. The second kappa shape index (κ2) is 5.85. The zero-order chi connectivity index (χ0) is 13.8. The summed E-state index contributed by atoms with van der Waals surface area (Å²) >= 11 is 0. The molecule has 2 rings (SSSR count). The van der Waals surface area contributed by atoms with Crippen LogP contribution in [0.25, 0.3) is 0 Å². The van der Waals surface area contributed by atoms with E-state index in [9.17, 15) is 5.11 Å². The minimum absolute atomic E-state index is 0.00495. The lowest BCUT2D eigenvalue weighted by molar-refractivity contribution is 0.281. The van der Waals surface area contributed by atoms with Crippen LogP contribution < -0.4 is 4.90 Å². The fourth-order valence-electron chi connectivity index (χ4n) is 2.28. The van der Waals surface area contributed by atoms with E-state index in [-0.39, 0.29) is 6.61 Å². The first kappa shape index (κ1) is 13.6. The van der Waals surface area contributed by atoms with Crippen LogP contribution in [0.4, 0.5) is 11.4 Å². The van der Waals surface area contributed by atoms with Crippen LogP contribution >= 0.6 is 0 Å². The standard InChI is InChI=1S/C16H20N2O/c1-4-18(15-8-6-5-7-12(15)2)16-9-13(3)17-10-14(16)11-19/h5-10,19H,4,11H2,1-3H3. The zero-order valence-corrected chi connectivity index (χ0v) is 11.7. The lowest BCUT2D eigenvalue weighted by Crippen LogP contribution is -2.19. The molecule has 0 saturated heterocycles. The molecule has 2 aromatic rings. The normalized spacial score (nSPS) is 10.5. The summed E-state index contributed by atoms with van der Waals surface area (Å²) in [4.78, 5) is 6.47. The molecule has 1 N–H and O–H groups in total. The highest BCUT2D eigenvalue weighted by molar-refractivity contribution is 5.68. The maximum atomic E-state index is 9.50. The minimum Gasteiger partial charge on any atom is -0.392 e. The van der Waals surface area contributed by atoms with Gasteiger partial charge in [0.2, 0.25) is 0 Å². The van der Waals surface area contributed by atoms with E-state index in [0.29, 0.717) is 0 Å². The molecule has 19 heavy (non-hydrogen) atoms. The number of benzene rings is 1. The molecular formula is C16H20N2O. The van der Waals surface area contributed by atoms with Crippen molar-refractivity contribution in [2.75, 3.05) is 11.4 Å². The Kier molecular flexibility index (Phi) is 4.17. The number of nitrogens with zero attached hydrogens (tertiary/aromatic N) is 2. The number of aliphatic hydroxyl groups is 1. The Morgan fingerprint density at radius 2 is 1.89 bits per heavy atom. The van der Waals surface area contributed by atoms with Gasteiger partial charge in [0.05, 0.1) is 6.61 Å². The van der Waals surface area contributed by atoms with Gasteiger partial charge in [-0.3, -0.25) is 4.98 Å². The third-order valence-corrected chi connectivity index (χ3v) is 3.28. The van der Waals surface area contributed by atoms with Crippen molar-refractivity contribution in [1.82, 2.24) is 4.98 Å². The molecule has 0 aliphatic rings. The molecule has 0 bridgehead atoms. The SMILES string of the molecule is CCN(c1ccccc1C)c1cc(C)ncc1CO. The van der Waals surface area contributed by atoms with Crippen LogP contribution in [-0.4, -0.2) is 16.6 Å². The van der Waals surface area contributed by atoms with E-state index in [1.165, 1.54) is 11.3 Å². The van der Waals surface area contributed by atoms with Gasteiger partial charge in [-0.1, -0.05) is 18.2 Å². The lowest BCUT2D eigenvalue weighted by atomic mass is 10.1. The summed E-state index contributed by atoms with van der Waals surface area (Å²) in [6.07, 6.45) is 1.76. The molecule has 1 aromatic heterocycles. The van der Waals surface area contributed by atoms with Gasteiger partial charge in [0, 0.05) is 35.4 Å². The van der Waals surface area contributed by atoms with Crippen molar-refractivity contribution in [3.8, 4) is 0 Å². The van der Waals surface area contributed by atoms with Crippen molar-refractivity contribution in [2.24, 2.45) is 0 Å². The summed E-state index contributed by atoms with van der Waals surface area (Å²) in [7, 11) is 0. The Morgan fingerprint density at radius 3 is 2.53 bits per heavy atom. The number of anilines is 2. The van der Waals surface area contributed by atoms with Gasteiger partial charge in [-0.2, -0.15) is 0 Å². The number of aromatic nitrogens is 1. The average molecular weight is 256 g/mol. The predicted octanol–water partition coefficient (Wildman–Crippen LogP) is 3.35. The van der Waals surface area contributed by atoms with Crippen molar-refractivity contribution in [2.45, 2.75) is 27.4 Å². The van der Waals surface area contributed by atoms with E-state index < -0.39 is 0 Å². The first-order chi connectivity index (χ1) is 9.17. The molecule has 100 valence electrons. The van der Waals surface area contributed by atoms with Crippen LogP contribution in [0.1, 0.15) is 23.7 Å². The Balaban J connectivity index is 2.54. The van der Waals surface area contributed by atoms with E-state index in [0.717, 1.165) is 23.5 Å². The van der Waals surface area contributed by atoms with Crippen molar-refractivity contribution in [3.63, 3.8) is 0 Å². The molecule has 0 unspecified atom stereocenters. The van der Waals surface area contributed by atoms with E-state index in [4.69, 9.17) is 0 Å². The monoisotopic (exact) mass is 256 g/mol. The second-order valence-corrected chi connectivity index (χ2v) is 4.64. The predicted molar refractivity (Wildman–Crippen MR) is 78.8 cm³/mol. The van der Waals surface area contributed by atoms with Gasteiger partial charge < -0.3 is 10.0 Å². The van der Waals surface area contributed by atoms with E-state index in [1.807, 2.05) is 25.1 Å². The number of hydrogen-bond donors (Lipinski definition) is 1. The van der Waals surface area contributed by atoms with Gasteiger partial charge in [-0.25, -0.2) is 0 Å². The van der Waals surface area contributed by atoms with E-state index in [1.54, 1.807) is 6.20 Å². The minimum atomic E-state index is 0.00495. The molecule has 0 aliphatic heterocycles. The Hall–Kier alpha value is -1.87. The van der Waals surface area contributed by atoms with Crippen LogP contribution in [0.2, 0.25) is 0 Å². The number of pyridine rings is 1. The Bertz CT molecular complexity index is 566. The van der Waals surface area contributed by atoms with Gasteiger partial charge in [0.25, 0.3) is 0 Å². The summed E-state index contributed by atoms with van der Waals surface area (Å²) in [5, 5.41) is 9.50. The number of rotatable bonds is 4. The zero-order valence-electron chi connectivity index (χ0n) is 11.7. The quantitative estimate of drug-likeness (QED) is 0.911. The maximum Gasteiger partial charge on any atom is 0.0717 e. The molecule has 1 aromatic carbocycles. The molecule has 1 heterocycles. The van der Waals surface area contributed by atoms with Gasteiger partial charge in [0.1, 0.15) is 0 Å². The highest BCUT2D eigenvalue weighted by Gasteiger charge is 2.13. The molecule has 0 radical (unpaired) electrons. The van der Waals surface area contributed by atoms with Crippen molar-refractivity contribution in [1.29, 1.82) is 0 Å². The average Bonchev–Trinajstić information content (AvgIpc) is 2.42. The molecule has 0 aliphatic carbocycles. The van der Waals surface area contributed by atoms with Gasteiger partial charge in [-0.15, -0.1) is 0 Å². The van der Waals surface area contributed by atoms with Crippen molar-refractivity contribution >= 4 is 11.4 Å². The summed E-state index contributed by atoms with van der Waals surface area (Å²) in [6, 6.07) is 10.3. The fraction of sp³-hybridized carbons (Fsp3) is 0.312. The number of para-hydroxylation sites is 1. The van der Waals surface area contributed by atoms with E-state index in [2.05, 4.69) is 35.9 Å². The highest BCUT2D eigenvalue weighted by atomic mass is 16.3. The van der Waals surface area contributed by atoms with Gasteiger partial charge >= 0.3 is 0 Å². The molecule has 0 saturated carbocycles. The van der Waals surface area contributed by atoms with Crippen LogP contribution in [-0.2, 0) is 6.61 Å². The summed E-state index contributed by atoms with van der Waals surface area (Å²) in [5.41, 5.74) is 5.25. The van der Waals surface area contributed by atoms with E-state index >= 15 is 0 Å². The number of aryl methyl sites for hydroxylation is 2. The topological polar surface area (TPSA) is 36.4 Å². The second-order valence-electron chi connectivity index (χ2n) is 4.64. The third kappa shape index (κ3) is 2.76. The third-order valence-electron chi connectivity index (χ3n) is 3.28. The summed E-state index contributed by atoms with van der Waals surface area (Å²) in [6.45, 7) is 7.04. The van der Waals surface area contributed by atoms with Crippen LogP contribution in [0.5, 0.6) is 0 Å². The molecule has 0 spiro atoms. The molecule has 3 heteroatoms. The Morgan fingerprint density at radius 1 is 1.16 bits per heavy atom. The fourth-order valence-corrected chi connectivity index (χ4v) is 2.28. The molecule has 0 atom stereocenters. The maximum absolute atomic E-state index is 9.50. The molecule has 3 nitrogen and oxygen atoms in total. The van der Waals surface area contributed by atoms with Gasteiger partial charge in [0.15, 0.2) is 0 Å². The highest BCUT2D eigenvalue weighted by Crippen LogP contribution is 2.30. The Labute approximate surface area is 114 Å². The van der Waals surface area contributed by atoms with Crippen LogP contribution in [0, 0.1) is 13.8 Å². The molecular weight excluding hydrogens is 236 g/mol. The van der Waals surface area contributed by atoms with Crippen molar-refractivity contribution in [3.05, 3.63) is 53.3 Å². The van der Waals surface area contributed by atoms with Crippen molar-refractivity contribution < 1.29 is 5.11 Å². The van der Waals surface area contributed by atoms with Crippen LogP contribution in [0.3, 0.4) is 0 Å². The smallest absolute Gasteiger partial charge is 0.0717 e. The lowest BCUT2D eigenvalue weighted by Gasteiger charge is -2.27. The van der Waals surface area contributed by atoms with Gasteiger partial charge in [-0.05, 0) is 38.5 Å². The summed E-state index contributed by atoms with van der Waals surface area (Å²) in [5.74, 6) is 0. The van der Waals surface area contributed by atoms with Crippen LogP contribution in [0.15, 0.2) is 36.5 Å². The number of aliphatic hydroxyl groups excluding tert-OH is 1.